The molecular weight excluding hydrogens is 564 g/mol. The van der Waals surface area contributed by atoms with Crippen LogP contribution in [0.1, 0.15) is 63.6 Å². The van der Waals surface area contributed by atoms with Gasteiger partial charge in [-0.25, -0.2) is 0 Å². The van der Waals surface area contributed by atoms with Gasteiger partial charge in [0.15, 0.2) is 5.79 Å². The maximum atomic E-state index is 6.90. The average Bonchev–Trinajstić information content (AvgIpc) is 3.55. The summed E-state index contributed by atoms with van der Waals surface area (Å²) in [6.07, 6.45) is 3.24. The van der Waals surface area contributed by atoms with E-state index in [1.165, 1.54) is 42.8 Å². The lowest BCUT2D eigenvalue weighted by atomic mass is 9.90. The summed E-state index contributed by atoms with van der Waals surface area (Å²) in [7, 11) is 0. The fourth-order valence-corrected chi connectivity index (χ4v) is 7.76. The van der Waals surface area contributed by atoms with E-state index < -0.39 is 5.79 Å². The van der Waals surface area contributed by atoms with Crippen LogP contribution >= 0.6 is 11.3 Å². The van der Waals surface area contributed by atoms with E-state index in [4.69, 9.17) is 18.9 Å². The van der Waals surface area contributed by atoms with E-state index in [9.17, 15) is 0 Å². The van der Waals surface area contributed by atoms with Crippen molar-refractivity contribution in [1.82, 2.24) is 0 Å². The van der Waals surface area contributed by atoms with Crippen LogP contribution in [-0.4, -0.2) is 18.8 Å². The standard InChI is InChI=1S/C39H40O4S/c1-3-28-14-16-29(17-15-28)18-35-27(2)44-38-19-32-25-42-39(37(32)21-36(35)38)22-33(41-24-31-12-8-5-9-13-31)20-34(43-39)26-40-23-30-10-6-4-7-11-30/h4-17,19,21,33-34H,3,18,20,22-26H2,1-2H3/t33-,34-,39+/m0/s1. The zero-order valence-corrected chi connectivity index (χ0v) is 26.4. The molecule has 1 aromatic heterocycles. The van der Waals surface area contributed by atoms with Gasteiger partial charge in [0.05, 0.1) is 38.6 Å². The van der Waals surface area contributed by atoms with Gasteiger partial charge in [0.2, 0.25) is 0 Å². The van der Waals surface area contributed by atoms with Gasteiger partial charge in [0.1, 0.15) is 0 Å². The minimum atomic E-state index is -0.847. The molecule has 5 aromatic rings. The summed E-state index contributed by atoms with van der Waals surface area (Å²) in [5, 5.41) is 1.31. The van der Waals surface area contributed by atoms with E-state index in [1.54, 1.807) is 0 Å². The van der Waals surface area contributed by atoms with Gasteiger partial charge in [0, 0.05) is 28.0 Å². The Morgan fingerprint density at radius 2 is 1.55 bits per heavy atom. The first kappa shape index (κ1) is 29.4. The van der Waals surface area contributed by atoms with Gasteiger partial charge in [-0.3, -0.25) is 0 Å². The Bertz CT molecular complexity index is 1700. The maximum absolute atomic E-state index is 6.90. The van der Waals surface area contributed by atoms with E-state index in [1.807, 2.05) is 35.6 Å². The van der Waals surface area contributed by atoms with Gasteiger partial charge >= 0.3 is 0 Å². The minimum Gasteiger partial charge on any atom is -0.374 e. The van der Waals surface area contributed by atoms with Gasteiger partial charge in [-0.2, -0.15) is 0 Å². The highest BCUT2D eigenvalue weighted by atomic mass is 32.1. The molecule has 2 aliphatic heterocycles. The molecule has 0 unspecified atom stereocenters. The zero-order valence-electron chi connectivity index (χ0n) is 25.6. The van der Waals surface area contributed by atoms with Crippen molar-refractivity contribution in [3.05, 3.63) is 141 Å². The zero-order chi connectivity index (χ0) is 29.9. The number of ether oxygens (including phenoxy) is 4. The second-order valence-electron chi connectivity index (χ2n) is 12.1. The van der Waals surface area contributed by atoms with Crippen molar-refractivity contribution < 1.29 is 18.9 Å². The summed E-state index contributed by atoms with van der Waals surface area (Å²) >= 11 is 1.88. The summed E-state index contributed by atoms with van der Waals surface area (Å²) in [6.45, 7) is 6.60. The number of aryl methyl sites for hydroxylation is 2. The predicted octanol–water partition coefficient (Wildman–Crippen LogP) is 9.03. The molecule has 2 aliphatic rings. The van der Waals surface area contributed by atoms with Crippen molar-refractivity contribution >= 4 is 21.4 Å². The molecule has 3 heterocycles. The van der Waals surface area contributed by atoms with Gasteiger partial charge in [0.25, 0.3) is 0 Å². The third-order valence-corrected chi connectivity index (χ3v) is 10.1. The minimum absolute atomic E-state index is 0.0170. The number of hydrogen-bond acceptors (Lipinski definition) is 5. The van der Waals surface area contributed by atoms with Gasteiger partial charge in [-0.05, 0) is 70.7 Å². The number of thiophene rings is 1. The highest BCUT2D eigenvalue weighted by molar-refractivity contribution is 7.19. The Hall–Kier alpha value is -3.32. The van der Waals surface area contributed by atoms with Crippen LogP contribution in [0.5, 0.6) is 0 Å². The van der Waals surface area contributed by atoms with Crippen molar-refractivity contribution in [2.24, 2.45) is 0 Å². The van der Waals surface area contributed by atoms with E-state index in [0.717, 1.165) is 30.4 Å². The Balaban J connectivity index is 1.17. The third-order valence-electron chi connectivity index (χ3n) is 9.02. The first-order chi connectivity index (χ1) is 21.6. The molecule has 44 heavy (non-hydrogen) atoms. The van der Waals surface area contributed by atoms with Crippen LogP contribution < -0.4 is 0 Å². The smallest absolute Gasteiger partial charge is 0.198 e. The molecule has 4 aromatic carbocycles. The van der Waals surface area contributed by atoms with Crippen LogP contribution in [0.25, 0.3) is 10.1 Å². The summed E-state index contributed by atoms with van der Waals surface area (Å²) in [4.78, 5) is 1.37. The summed E-state index contributed by atoms with van der Waals surface area (Å²) in [5.74, 6) is -0.847. The number of hydrogen-bond donors (Lipinski definition) is 0. The molecule has 1 spiro atoms. The van der Waals surface area contributed by atoms with Crippen molar-refractivity contribution in [3.63, 3.8) is 0 Å². The van der Waals surface area contributed by atoms with Crippen molar-refractivity contribution in [3.8, 4) is 0 Å². The fourth-order valence-electron chi connectivity index (χ4n) is 6.63. The molecule has 1 fully saturated rings. The maximum Gasteiger partial charge on any atom is 0.198 e. The Labute approximate surface area is 264 Å². The first-order valence-electron chi connectivity index (χ1n) is 15.8. The molecule has 0 bridgehead atoms. The Morgan fingerprint density at radius 3 is 2.27 bits per heavy atom. The predicted molar refractivity (Wildman–Crippen MR) is 177 cm³/mol. The van der Waals surface area contributed by atoms with E-state index in [0.29, 0.717) is 32.8 Å². The molecule has 0 radical (unpaired) electrons. The van der Waals surface area contributed by atoms with Gasteiger partial charge in [-0.1, -0.05) is 91.9 Å². The lowest BCUT2D eigenvalue weighted by molar-refractivity contribution is -0.309. The lowest BCUT2D eigenvalue weighted by Gasteiger charge is -2.42. The van der Waals surface area contributed by atoms with Crippen LogP contribution in [0, 0.1) is 6.92 Å². The van der Waals surface area contributed by atoms with E-state index in [-0.39, 0.29) is 12.2 Å². The summed E-state index contributed by atoms with van der Waals surface area (Å²) in [5.41, 5.74) is 8.80. The molecule has 0 saturated carbocycles. The SMILES string of the molecule is CCc1ccc(Cc2c(C)sc3cc4c(cc23)[C@]2(C[C@@H](OCc3ccccc3)C[C@@H](COCc3ccccc3)O2)OC4)cc1. The molecular formula is C39H40O4S. The summed E-state index contributed by atoms with van der Waals surface area (Å²) in [6, 6.07) is 34.4. The van der Waals surface area contributed by atoms with Gasteiger partial charge in [-0.15, -0.1) is 11.3 Å². The average molecular weight is 605 g/mol. The Morgan fingerprint density at radius 1 is 0.841 bits per heavy atom. The molecule has 3 atom stereocenters. The third kappa shape index (κ3) is 6.26. The molecule has 1 saturated heterocycles. The second-order valence-corrected chi connectivity index (χ2v) is 13.4. The largest absolute Gasteiger partial charge is 0.374 e. The summed E-state index contributed by atoms with van der Waals surface area (Å²) < 4.78 is 27.6. The fraction of sp³-hybridized carbons (Fsp3) is 0.333. The second kappa shape index (κ2) is 13.0. The lowest BCUT2D eigenvalue weighted by Crippen LogP contribution is -2.46. The quantitative estimate of drug-likeness (QED) is 0.159. The first-order valence-corrected chi connectivity index (χ1v) is 16.6. The van der Waals surface area contributed by atoms with Crippen molar-refractivity contribution in [2.75, 3.05) is 6.61 Å². The van der Waals surface area contributed by atoms with Crippen LogP contribution in [0.15, 0.2) is 97.1 Å². The molecule has 226 valence electrons. The Kier molecular flexibility index (Phi) is 8.66. The number of rotatable bonds is 10. The number of benzene rings is 4. The van der Waals surface area contributed by atoms with Crippen LogP contribution in [0.2, 0.25) is 0 Å². The number of fused-ring (bicyclic) bond motifs is 3. The highest BCUT2D eigenvalue weighted by Gasteiger charge is 2.49. The topological polar surface area (TPSA) is 36.9 Å². The normalized spacial score (nSPS) is 21.2. The molecule has 7 rings (SSSR count). The highest BCUT2D eigenvalue weighted by Crippen LogP contribution is 2.49. The molecule has 5 heteroatoms. The molecule has 4 nitrogen and oxygen atoms in total. The molecule has 0 N–H and O–H groups in total. The van der Waals surface area contributed by atoms with Crippen LogP contribution in [0.3, 0.4) is 0 Å². The van der Waals surface area contributed by atoms with Crippen molar-refractivity contribution in [2.45, 2.75) is 77.3 Å². The van der Waals surface area contributed by atoms with E-state index in [2.05, 4.69) is 86.6 Å². The molecule has 0 amide bonds. The van der Waals surface area contributed by atoms with E-state index >= 15 is 0 Å². The van der Waals surface area contributed by atoms with Crippen LogP contribution in [-0.2, 0) is 57.4 Å². The molecule has 0 aliphatic carbocycles. The van der Waals surface area contributed by atoms with Crippen LogP contribution in [0.4, 0.5) is 0 Å². The van der Waals surface area contributed by atoms with Gasteiger partial charge < -0.3 is 18.9 Å². The monoisotopic (exact) mass is 604 g/mol. The van der Waals surface area contributed by atoms with Crippen molar-refractivity contribution in [1.29, 1.82) is 0 Å².